The average Bonchev–Trinajstić information content (AvgIpc) is 2.58. The van der Waals surface area contributed by atoms with E-state index in [-0.39, 0.29) is 41.2 Å². The van der Waals surface area contributed by atoms with E-state index in [1.807, 2.05) is 41.5 Å². The Kier molecular flexibility index (Phi) is 11.7. The molecule has 0 bridgehead atoms. The molecule has 0 radical (unpaired) electrons. The molecule has 0 aromatic rings. The molecule has 0 saturated carbocycles. The molecule has 166 valence electrons. The summed E-state index contributed by atoms with van der Waals surface area (Å²) in [6.45, 7) is 20.6. The van der Waals surface area contributed by atoms with E-state index in [2.05, 4.69) is 23.8 Å². The summed E-state index contributed by atoms with van der Waals surface area (Å²) in [5.41, 5.74) is -0.645. The fraction of sp³-hybridized carbons (Fsp3) is 0.667. The molecule has 0 saturated heterocycles. The standard InChI is InChI=1S/C21H38N4O3S/c1-9-14-24(20(3,4)5)18(27)22-12-11-17(26)29-16-13-23-19(28)25(15-10-2)21(6,7)8/h9-10H,1-2,11-16H2,3-8H3,(H,22,27)(H,23,28). The quantitative estimate of drug-likeness (QED) is 0.413. The molecular formula is C21H38N4O3S. The fourth-order valence-corrected chi connectivity index (χ4v) is 3.12. The van der Waals surface area contributed by atoms with Crippen molar-refractivity contribution in [3.05, 3.63) is 25.3 Å². The Morgan fingerprint density at radius 3 is 1.62 bits per heavy atom. The highest BCUT2D eigenvalue weighted by molar-refractivity contribution is 8.13. The normalized spacial score (nSPS) is 11.4. The van der Waals surface area contributed by atoms with Crippen LogP contribution in [0.15, 0.2) is 25.3 Å². The van der Waals surface area contributed by atoms with E-state index in [0.29, 0.717) is 25.4 Å². The van der Waals surface area contributed by atoms with Crippen LogP contribution >= 0.6 is 11.8 Å². The Morgan fingerprint density at radius 1 is 0.828 bits per heavy atom. The van der Waals surface area contributed by atoms with Gasteiger partial charge in [0, 0.05) is 49.4 Å². The number of hydrogen-bond donors (Lipinski definition) is 2. The van der Waals surface area contributed by atoms with Crippen molar-refractivity contribution in [2.45, 2.75) is 59.0 Å². The third-order valence-electron chi connectivity index (χ3n) is 3.98. The van der Waals surface area contributed by atoms with Gasteiger partial charge in [0.05, 0.1) is 0 Å². The van der Waals surface area contributed by atoms with Gasteiger partial charge in [-0.15, -0.1) is 13.2 Å². The number of nitrogens with one attached hydrogen (secondary N) is 2. The lowest BCUT2D eigenvalue weighted by Crippen LogP contribution is -2.50. The number of carbonyl (C=O) groups excluding carboxylic acids is 3. The Hall–Kier alpha value is -1.96. The Balaban J connectivity index is 4.23. The third-order valence-corrected chi connectivity index (χ3v) is 4.91. The van der Waals surface area contributed by atoms with Gasteiger partial charge in [-0.1, -0.05) is 23.9 Å². The van der Waals surface area contributed by atoms with Gasteiger partial charge in [-0.25, -0.2) is 9.59 Å². The highest BCUT2D eigenvalue weighted by atomic mass is 32.2. The zero-order valence-corrected chi connectivity index (χ0v) is 19.7. The van der Waals surface area contributed by atoms with Crippen LogP contribution in [0.25, 0.3) is 0 Å². The van der Waals surface area contributed by atoms with Crippen molar-refractivity contribution < 1.29 is 14.4 Å². The monoisotopic (exact) mass is 426 g/mol. The minimum absolute atomic E-state index is 0.0238. The number of hydrogen-bond acceptors (Lipinski definition) is 4. The first kappa shape index (κ1) is 27.0. The zero-order valence-electron chi connectivity index (χ0n) is 18.8. The van der Waals surface area contributed by atoms with Gasteiger partial charge in [0.1, 0.15) is 0 Å². The van der Waals surface area contributed by atoms with Crippen LogP contribution in [0.3, 0.4) is 0 Å². The van der Waals surface area contributed by atoms with Gasteiger partial charge >= 0.3 is 12.1 Å². The fourth-order valence-electron chi connectivity index (χ4n) is 2.44. The molecule has 4 amide bonds. The van der Waals surface area contributed by atoms with Crippen molar-refractivity contribution in [1.29, 1.82) is 0 Å². The number of rotatable bonds is 10. The molecule has 0 unspecified atom stereocenters. The maximum atomic E-state index is 12.3. The summed E-state index contributed by atoms with van der Waals surface area (Å²) in [7, 11) is 0. The number of thioether (sulfide) groups is 1. The highest BCUT2D eigenvalue weighted by Crippen LogP contribution is 2.14. The summed E-state index contributed by atoms with van der Waals surface area (Å²) in [4.78, 5) is 39.9. The van der Waals surface area contributed by atoms with Crippen molar-refractivity contribution >= 4 is 28.9 Å². The molecule has 2 N–H and O–H groups in total. The van der Waals surface area contributed by atoms with Gasteiger partial charge in [0.25, 0.3) is 0 Å². The van der Waals surface area contributed by atoms with E-state index in [0.717, 1.165) is 11.8 Å². The summed E-state index contributed by atoms with van der Waals surface area (Å²) in [6.07, 6.45) is 3.60. The molecule has 7 nitrogen and oxygen atoms in total. The largest absolute Gasteiger partial charge is 0.337 e. The van der Waals surface area contributed by atoms with Crippen LogP contribution in [-0.2, 0) is 4.79 Å². The molecule has 0 aromatic heterocycles. The minimum Gasteiger partial charge on any atom is -0.337 e. The van der Waals surface area contributed by atoms with Crippen LogP contribution < -0.4 is 10.6 Å². The van der Waals surface area contributed by atoms with E-state index in [1.165, 1.54) is 0 Å². The summed E-state index contributed by atoms with van der Waals surface area (Å²) in [5, 5.41) is 5.58. The van der Waals surface area contributed by atoms with Crippen LogP contribution in [0, 0.1) is 0 Å². The van der Waals surface area contributed by atoms with E-state index < -0.39 is 0 Å². The molecule has 0 aliphatic rings. The van der Waals surface area contributed by atoms with Crippen LogP contribution in [0.4, 0.5) is 9.59 Å². The molecule has 8 heteroatoms. The van der Waals surface area contributed by atoms with Crippen molar-refractivity contribution in [3.8, 4) is 0 Å². The molecule has 29 heavy (non-hydrogen) atoms. The summed E-state index contributed by atoms with van der Waals surface area (Å²) < 4.78 is 0. The lowest BCUT2D eigenvalue weighted by molar-refractivity contribution is -0.110. The SMILES string of the molecule is C=CCN(C(=O)NCCSC(=O)CCNC(=O)N(CC=C)C(C)(C)C)C(C)(C)C. The average molecular weight is 427 g/mol. The van der Waals surface area contributed by atoms with Gasteiger partial charge in [-0.2, -0.15) is 0 Å². The lowest BCUT2D eigenvalue weighted by atomic mass is 10.1. The number of nitrogens with zero attached hydrogens (tertiary/aromatic N) is 2. The maximum absolute atomic E-state index is 12.3. The van der Waals surface area contributed by atoms with E-state index >= 15 is 0 Å². The minimum atomic E-state index is -0.332. The molecule has 0 rings (SSSR count). The van der Waals surface area contributed by atoms with Crippen molar-refractivity contribution in [1.82, 2.24) is 20.4 Å². The Bertz CT molecular complexity index is 579. The van der Waals surface area contributed by atoms with Gasteiger partial charge < -0.3 is 20.4 Å². The molecule has 0 aliphatic heterocycles. The lowest BCUT2D eigenvalue weighted by Gasteiger charge is -2.34. The second-order valence-electron chi connectivity index (χ2n) is 8.57. The first-order valence-electron chi connectivity index (χ1n) is 9.83. The van der Waals surface area contributed by atoms with Crippen molar-refractivity contribution in [3.63, 3.8) is 0 Å². The van der Waals surface area contributed by atoms with Crippen molar-refractivity contribution in [2.75, 3.05) is 31.9 Å². The molecule has 0 fully saturated rings. The second-order valence-corrected chi connectivity index (χ2v) is 9.73. The molecule has 0 heterocycles. The molecule has 0 spiro atoms. The summed E-state index contributed by atoms with van der Waals surface area (Å²) in [5.74, 6) is 0.481. The Labute approximate surface area is 180 Å². The molecule has 0 aromatic carbocycles. The third kappa shape index (κ3) is 11.0. The first-order chi connectivity index (χ1) is 13.3. The predicted octanol–water partition coefficient (Wildman–Crippen LogP) is 3.63. The highest BCUT2D eigenvalue weighted by Gasteiger charge is 2.26. The van der Waals surface area contributed by atoms with Crippen LogP contribution in [0.1, 0.15) is 48.0 Å². The Morgan fingerprint density at radius 2 is 1.24 bits per heavy atom. The predicted molar refractivity (Wildman–Crippen MR) is 122 cm³/mol. The molecule has 0 aliphatic carbocycles. The zero-order chi connectivity index (χ0) is 22.7. The van der Waals surface area contributed by atoms with E-state index in [4.69, 9.17) is 0 Å². The number of carbonyl (C=O) groups is 3. The number of urea groups is 2. The number of amides is 4. The second kappa shape index (κ2) is 12.6. The molecular weight excluding hydrogens is 388 g/mol. The first-order valence-corrected chi connectivity index (χ1v) is 10.8. The van der Waals surface area contributed by atoms with E-state index in [9.17, 15) is 14.4 Å². The smallest absolute Gasteiger partial charge is 0.318 e. The van der Waals surface area contributed by atoms with Gasteiger partial charge in [-0.3, -0.25) is 4.79 Å². The summed E-state index contributed by atoms with van der Waals surface area (Å²) >= 11 is 1.15. The van der Waals surface area contributed by atoms with Crippen LogP contribution in [-0.4, -0.2) is 70.0 Å². The molecule has 0 atom stereocenters. The van der Waals surface area contributed by atoms with Crippen LogP contribution in [0.5, 0.6) is 0 Å². The topological polar surface area (TPSA) is 81.8 Å². The maximum Gasteiger partial charge on any atom is 0.318 e. The van der Waals surface area contributed by atoms with E-state index in [1.54, 1.807) is 22.0 Å². The van der Waals surface area contributed by atoms with Gasteiger partial charge in [-0.05, 0) is 41.5 Å². The van der Waals surface area contributed by atoms with Crippen molar-refractivity contribution in [2.24, 2.45) is 0 Å². The summed E-state index contributed by atoms with van der Waals surface area (Å²) in [6, 6.07) is -0.394. The van der Waals surface area contributed by atoms with Gasteiger partial charge in [0.15, 0.2) is 5.12 Å². The van der Waals surface area contributed by atoms with Crippen LogP contribution in [0.2, 0.25) is 0 Å². The van der Waals surface area contributed by atoms with Gasteiger partial charge in [0.2, 0.25) is 0 Å².